The first-order chi connectivity index (χ1) is 19.6. The zero-order chi connectivity index (χ0) is 29.6. The Morgan fingerprint density at radius 3 is 2.59 bits per heavy atom. The number of nitrogens with one attached hydrogen (secondary N) is 2. The smallest absolute Gasteiger partial charge is 0.411 e. The summed E-state index contributed by atoms with van der Waals surface area (Å²) in [5.74, 6) is 0.882. The molecule has 0 saturated heterocycles. The molecule has 1 aromatic carbocycles. The first kappa shape index (κ1) is 29.7. The number of hydrogen-bond acceptors (Lipinski definition) is 7. The molecule has 0 radical (unpaired) electrons. The summed E-state index contributed by atoms with van der Waals surface area (Å²) in [6, 6.07) is 10.1. The van der Waals surface area contributed by atoms with Crippen LogP contribution in [0.3, 0.4) is 0 Å². The second kappa shape index (κ2) is 13.0. The Labute approximate surface area is 240 Å². The van der Waals surface area contributed by atoms with Crippen LogP contribution in [0.1, 0.15) is 39.2 Å². The molecule has 2 aliphatic carbocycles. The van der Waals surface area contributed by atoms with E-state index in [0.29, 0.717) is 36.7 Å². The van der Waals surface area contributed by atoms with Gasteiger partial charge in [-0.2, -0.15) is 0 Å². The van der Waals surface area contributed by atoms with Crippen molar-refractivity contribution >= 4 is 12.0 Å². The summed E-state index contributed by atoms with van der Waals surface area (Å²) < 4.78 is 37.5. The van der Waals surface area contributed by atoms with Gasteiger partial charge in [0.15, 0.2) is 23.1 Å². The number of amides is 2. The number of ether oxygens (including phenoxy) is 4. The highest BCUT2D eigenvalue weighted by atomic mass is 19.1. The Bertz CT molecular complexity index is 1290. The van der Waals surface area contributed by atoms with Gasteiger partial charge in [0.05, 0.1) is 32.8 Å². The van der Waals surface area contributed by atoms with E-state index in [2.05, 4.69) is 22.8 Å². The van der Waals surface area contributed by atoms with Crippen molar-refractivity contribution in [3.05, 3.63) is 94.6 Å². The Balaban J connectivity index is 1.40. The van der Waals surface area contributed by atoms with Crippen molar-refractivity contribution in [3.63, 3.8) is 0 Å². The molecule has 2 atom stereocenters. The topological polar surface area (TPSA) is 98.4 Å². The predicted octanol–water partition coefficient (Wildman–Crippen LogP) is 4.36. The van der Waals surface area contributed by atoms with E-state index in [4.69, 9.17) is 18.9 Å². The fourth-order valence-electron chi connectivity index (χ4n) is 4.59. The van der Waals surface area contributed by atoms with Gasteiger partial charge in [0, 0.05) is 18.5 Å². The summed E-state index contributed by atoms with van der Waals surface area (Å²) in [5, 5.41) is 6.17. The fraction of sp³-hybridized carbons (Fsp3) is 0.419. The molecule has 0 saturated carbocycles. The molecule has 0 fully saturated rings. The van der Waals surface area contributed by atoms with Gasteiger partial charge < -0.3 is 29.6 Å². The lowest BCUT2D eigenvalue weighted by atomic mass is 9.94. The van der Waals surface area contributed by atoms with Gasteiger partial charge in [-0.15, -0.1) is 0 Å². The third-order valence-corrected chi connectivity index (χ3v) is 6.46. The summed E-state index contributed by atoms with van der Waals surface area (Å²) in [6.45, 7) is 5.80. The number of allylic oxidation sites excluding steroid dienone is 1. The second-order valence-electron chi connectivity index (χ2n) is 10.8. The van der Waals surface area contributed by atoms with Gasteiger partial charge in [-0.3, -0.25) is 9.69 Å². The molecule has 2 amide bonds. The van der Waals surface area contributed by atoms with Gasteiger partial charge in [0.2, 0.25) is 5.91 Å². The van der Waals surface area contributed by atoms with E-state index in [0.717, 1.165) is 11.1 Å². The molecular weight excluding hydrogens is 529 g/mol. The van der Waals surface area contributed by atoms with Crippen LogP contribution in [0.5, 0.6) is 0 Å². The van der Waals surface area contributed by atoms with E-state index < -0.39 is 29.5 Å². The molecule has 10 heteroatoms. The molecule has 4 rings (SSSR count). The minimum Gasteiger partial charge on any atom is -0.493 e. The lowest BCUT2D eigenvalue weighted by molar-refractivity contribution is -0.122. The number of hydrogen-bond donors (Lipinski definition) is 2. The predicted molar refractivity (Wildman–Crippen MR) is 149 cm³/mol. The molecule has 0 aromatic heterocycles. The van der Waals surface area contributed by atoms with Crippen molar-refractivity contribution in [1.82, 2.24) is 15.5 Å². The summed E-state index contributed by atoms with van der Waals surface area (Å²) >= 11 is 0. The molecule has 0 spiro atoms. The van der Waals surface area contributed by atoms with Crippen LogP contribution in [0.15, 0.2) is 76.9 Å². The number of carbonyl (C=O) groups is 2. The van der Waals surface area contributed by atoms with Gasteiger partial charge in [0.25, 0.3) is 0 Å². The van der Waals surface area contributed by atoms with Crippen LogP contribution in [0.4, 0.5) is 9.18 Å². The number of halogens is 1. The first-order valence-electron chi connectivity index (χ1n) is 13.4. The number of carbonyl (C=O) groups excluding carboxylic acids is 2. The minimum absolute atomic E-state index is 0.0973. The molecule has 1 aromatic rings. The molecule has 1 aliphatic heterocycles. The molecule has 0 bridgehead atoms. The summed E-state index contributed by atoms with van der Waals surface area (Å²) in [5.41, 5.74) is 0.879. The molecular formula is C31H36FN3O6. The van der Waals surface area contributed by atoms with Crippen LogP contribution >= 0.6 is 0 Å². The second-order valence-corrected chi connectivity index (χ2v) is 10.8. The van der Waals surface area contributed by atoms with Crippen molar-refractivity contribution in [1.29, 1.82) is 0 Å². The average molecular weight is 566 g/mol. The maximum Gasteiger partial charge on any atom is 0.411 e. The fourth-order valence-corrected chi connectivity index (χ4v) is 4.59. The van der Waals surface area contributed by atoms with Crippen molar-refractivity contribution in [2.75, 3.05) is 27.3 Å². The van der Waals surface area contributed by atoms with Gasteiger partial charge >= 0.3 is 6.09 Å². The quantitative estimate of drug-likeness (QED) is 0.459. The van der Waals surface area contributed by atoms with Crippen molar-refractivity contribution in [2.24, 2.45) is 0 Å². The Kier molecular flexibility index (Phi) is 9.40. The van der Waals surface area contributed by atoms with Crippen LogP contribution in [0, 0.1) is 12.1 Å². The monoisotopic (exact) mass is 565 g/mol. The Hall–Kier alpha value is -4.23. The zero-order valence-corrected chi connectivity index (χ0v) is 24.0. The summed E-state index contributed by atoms with van der Waals surface area (Å²) in [4.78, 5) is 27.1. The van der Waals surface area contributed by atoms with Crippen LogP contribution < -0.4 is 10.6 Å². The lowest BCUT2D eigenvalue weighted by Crippen LogP contribution is -2.45. The molecule has 41 heavy (non-hydrogen) atoms. The van der Waals surface area contributed by atoms with E-state index >= 15 is 4.39 Å². The van der Waals surface area contributed by atoms with Crippen LogP contribution in [-0.2, 0) is 30.3 Å². The summed E-state index contributed by atoms with van der Waals surface area (Å²) in [6.07, 6.45) is 6.93. The van der Waals surface area contributed by atoms with Crippen molar-refractivity contribution in [3.8, 4) is 0 Å². The SMILES string of the molecule is COC1=CC2=C(OC3=CCC(NC(=O)CN(Cc4cc#ccc4)C(=O)OC(C)(C)C)C=C3F)CCNC2C=C1OC. The van der Waals surface area contributed by atoms with Crippen LogP contribution in [0.2, 0.25) is 0 Å². The highest BCUT2D eigenvalue weighted by Gasteiger charge is 2.30. The van der Waals surface area contributed by atoms with Gasteiger partial charge in [-0.25, -0.2) is 9.18 Å². The number of nitrogens with zero attached hydrogens (tertiary/aromatic N) is 1. The number of rotatable bonds is 9. The average Bonchev–Trinajstić information content (AvgIpc) is 2.93. The number of methoxy groups -OCH3 is 2. The van der Waals surface area contributed by atoms with Crippen molar-refractivity contribution < 1.29 is 32.9 Å². The first-order valence-corrected chi connectivity index (χ1v) is 13.4. The molecule has 2 N–H and O–H groups in total. The van der Waals surface area contributed by atoms with E-state index in [1.165, 1.54) is 11.0 Å². The van der Waals surface area contributed by atoms with Crippen LogP contribution in [0.25, 0.3) is 0 Å². The normalized spacial score (nSPS) is 20.2. The van der Waals surface area contributed by atoms with Crippen LogP contribution in [-0.4, -0.2) is 61.9 Å². The summed E-state index contributed by atoms with van der Waals surface area (Å²) in [7, 11) is 3.13. The third-order valence-electron chi connectivity index (χ3n) is 6.46. The highest BCUT2D eigenvalue weighted by Crippen LogP contribution is 2.33. The minimum atomic E-state index is -0.732. The molecule has 218 valence electrons. The molecule has 3 aliphatic rings. The molecule has 9 nitrogen and oxygen atoms in total. The Morgan fingerprint density at radius 2 is 1.93 bits per heavy atom. The maximum absolute atomic E-state index is 15.2. The van der Waals surface area contributed by atoms with Crippen molar-refractivity contribution in [2.45, 2.75) is 57.8 Å². The lowest BCUT2D eigenvalue weighted by Gasteiger charge is -2.30. The van der Waals surface area contributed by atoms with E-state index in [1.807, 2.05) is 12.2 Å². The maximum atomic E-state index is 15.2. The van der Waals surface area contributed by atoms with Gasteiger partial charge in [-0.05, 0) is 75.3 Å². The molecule has 1 heterocycles. The van der Waals surface area contributed by atoms with E-state index in [1.54, 1.807) is 59.3 Å². The highest BCUT2D eigenvalue weighted by molar-refractivity contribution is 5.82. The largest absolute Gasteiger partial charge is 0.493 e. The van der Waals surface area contributed by atoms with E-state index in [9.17, 15) is 9.59 Å². The zero-order valence-electron chi connectivity index (χ0n) is 24.0. The molecule has 2 unspecified atom stereocenters. The standard InChI is InChI=1S/C31H36FN3O6/c1-31(2,3)41-30(37)35(18-20-9-7-6-8-10-20)19-29(36)34-21-11-12-26(23(32)15-21)40-25-13-14-33-24-17-28(39-5)27(38-4)16-22(24)25/h7,9-10,12,15-17,21,24,33H,11,13-14,18-19H2,1-5H3,(H,34,36). The third kappa shape index (κ3) is 7.92. The van der Waals surface area contributed by atoms with E-state index in [-0.39, 0.29) is 24.9 Å². The van der Waals surface area contributed by atoms with Gasteiger partial charge in [0.1, 0.15) is 17.9 Å². The Morgan fingerprint density at radius 1 is 1.15 bits per heavy atom. The van der Waals surface area contributed by atoms with Gasteiger partial charge in [-0.1, -0.05) is 12.1 Å². The number of fused-ring (bicyclic) bond motifs is 1.